The van der Waals surface area contributed by atoms with Gasteiger partial charge in [-0.3, -0.25) is 0 Å². The number of hydrogen-bond acceptors (Lipinski definition) is 0. The van der Waals surface area contributed by atoms with Gasteiger partial charge in [-0.15, -0.1) is 0 Å². The summed E-state index contributed by atoms with van der Waals surface area (Å²) < 4.78 is 0. The van der Waals surface area contributed by atoms with Crippen molar-refractivity contribution in [2.45, 2.75) is 176 Å². The minimum Gasteiger partial charge on any atom is -0.0646 e. The number of hydrogen-bond donors (Lipinski definition) is 0. The average molecular weight is 1050 g/mol. The normalized spacial score (nSPS) is 11.8. The summed E-state index contributed by atoms with van der Waals surface area (Å²) in [6, 6.07) is 82.1. The van der Waals surface area contributed by atoms with Gasteiger partial charge in [0, 0.05) is 0 Å². The van der Waals surface area contributed by atoms with E-state index in [0.717, 1.165) is 0 Å². The predicted octanol–water partition coefficient (Wildman–Crippen LogP) is 23.7. The molecule has 10 aromatic carbocycles. The monoisotopic (exact) mass is 1050 g/mol. The lowest BCUT2D eigenvalue weighted by Gasteiger charge is -2.25. The van der Waals surface area contributed by atoms with Gasteiger partial charge in [0.15, 0.2) is 0 Å². The van der Waals surface area contributed by atoms with E-state index in [2.05, 4.69) is 355 Å². The highest BCUT2D eigenvalue weighted by molar-refractivity contribution is 5.88. The second-order valence-electron chi connectivity index (χ2n) is 26.4. The van der Waals surface area contributed by atoms with Gasteiger partial charge in [0.05, 0.1) is 0 Å². The maximum atomic E-state index is 2.32. The Labute approximate surface area is 480 Å². The maximum Gasteiger partial charge on any atom is -0.0100 e. The molecule has 0 nitrogen and oxygen atoms in total. The molecule has 0 heterocycles. The first-order chi connectivity index (χ1) is 37.2. The Balaban J connectivity index is 0.000000175. The fraction of sp³-hybridized carbons (Fsp3) is 0.342. The van der Waals surface area contributed by atoms with Gasteiger partial charge in [0.2, 0.25) is 0 Å². The highest BCUT2D eigenvalue weighted by Gasteiger charge is 2.21. The molecule has 0 fully saturated rings. The van der Waals surface area contributed by atoms with Gasteiger partial charge < -0.3 is 0 Å². The van der Waals surface area contributed by atoms with Crippen LogP contribution in [0, 0.1) is 0 Å². The largest absolute Gasteiger partial charge is 0.0646 e. The van der Waals surface area contributed by atoms with Crippen LogP contribution < -0.4 is 0 Å². The minimum atomic E-state index is 0.223. The molecule has 0 radical (unpaired) electrons. The summed E-state index contributed by atoms with van der Waals surface area (Å²) in [6.07, 6.45) is 3.53. The molecular formula is C79H98. The fourth-order valence-electron chi connectivity index (χ4n) is 9.39. The molecule has 0 atom stereocenters. The lowest BCUT2D eigenvalue weighted by Crippen LogP contribution is -2.15. The van der Waals surface area contributed by atoms with E-state index in [1.165, 1.54) is 95.7 Å². The predicted molar refractivity (Wildman–Crippen MR) is 355 cm³/mol. The summed E-state index contributed by atoms with van der Waals surface area (Å²) in [5, 5.41) is 10.8. The molecule has 0 heteroatoms. The number of benzene rings is 10. The maximum absolute atomic E-state index is 2.32. The van der Waals surface area contributed by atoms with Gasteiger partial charge in [-0.2, -0.15) is 0 Å². The van der Waals surface area contributed by atoms with E-state index in [4.69, 9.17) is 0 Å². The Kier molecular flexibility index (Phi) is 22.3. The molecule has 414 valence electrons. The van der Waals surface area contributed by atoms with Crippen molar-refractivity contribution in [1.82, 2.24) is 0 Å². The first kappa shape index (κ1) is 63.1. The Hall–Kier alpha value is -6.76. The van der Waals surface area contributed by atoms with Crippen molar-refractivity contribution in [3.63, 3.8) is 0 Å². The zero-order chi connectivity index (χ0) is 58.1. The molecule has 0 bridgehead atoms. The topological polar surface area (TPSA) is 0 Å². The highest BCUT2D eigenvalue weighted by Crippen LogP contribution is 2.34. The van der Waals surface area contributed by atoms with Crippen molar-refractivity contribution in [3.8, 4) is 0 Å². The summed E-state index contributed by atoms with van der Waals surface area (Å²) in [4.78, 5) is 0. The molecule has 0 unspecified atom stereocenters. The van der Waals surface area contributed by atoms with E-state index in [-0.39, 0.29) is 21.7 Å². The molecule has 0 saturated carbocycles. The summed E-state index contributed by atoms with van der Waals surface area (Å²) >= 11 is 0. The number of fused-ring (bicyclic) bond motifs is 4. The third kappa shape index (κ3) is 18.4. The SMILES string of the molecule is CC(C)(C)c1ccc2ccccc2c1.CC(C)(C)c1cccc2ccccc12.CC(C)(C)c1ccccc1.CCC(C)(C)c1ccc2ccccc2c1.CCC(C)(C)c1cccc2ccccc12.CCC(C)(C)c1ccccc1. The third-order valence-corrected chi connectivity index (χ3v) is 16.1. The molecule has 0 aromatic heterocycles. The van der Waals surface area contributed by atoms with Crippen LogP contribution in [0.4, 0.5) is 0 Å². The van der Waals surface area contributed by atoms with E-state index in [0.29, 0.717) is 10.8 Å². The molecule has 0 spiro atoms. The Morgan fingerprint density at radius 1 is 0.215 bits per heavy atom. The van der Waals surface area contributed by atoms with Crippen molar-refractivity contribution in [2.75, 3.05) is 0 Å². The van der Waals surface area contributed by atoms with E-state index < -0.39 is 0 Å². The smallest absolute Gasteiger partial charge is 0.0100 e. The lowest BCUT2D eigenvalue weighted by molar-refractivity contribution is 0.506. The van der Waals surface area contributed by atoms with Crippen LogP contribution in [0.15, 0.2) is 231 Å². The van der Waals surface area contributed by atoms with Crippen LogP contribution in [0.2, 0.25) is 0 Å². The van der Waals surface area contributed by atoms with E-state index in [9.17, 15) is 0 Å². The van der Waals surface area contributed by atoms with Crippen molar-refractivity contribution >= 4 is 43.1 Å². The van der Waals surface area contributed by atoms with Crippen molar-refractivity contribution < 1.29 is 0 Å². The standard InChI is InChI=1S/2C15H18.2C14H16.C11H16.C10H14/c1-4-15(2,3)14-11-7-9-12-8-5-6-10-13(12)14;1-4-15(2,3)14-10-9-12-7-5-6-8-13(12)11-14;1-14(2,3)13-10-6-8-11-7-4-5-9-12(11)13;1-14(2,3)13-9-8-11-6-4-5-7-12(11)10-13;1-4-11(2,3)10-8-6-5-7-9-10;1-10(2,3)9-7-5-4-6-8-9/h2*5-11H,4H2,1-3H3;2*4-10H,1-3H3;5-9H,4H2,1-3H3;4-8H,1-3H3. The van der Waals surface area contributed by atoms with Crippen molar-refractivity contribution in [2.24, 2.45) is 0 Å². The van der Waals surface area contributed by atoms with E-state index in [1.54, 1.807) is 0 Å². The van der Waals surface area contributed by atoms with Crippen LogP contribution >= 0.6 is 0 Å². The molecule has 0 amide bonds. The second-order valence-corrected chi connectivity index (χ2v) is 26.4. The van der Waals surface area contributed by atoms with Gasteiger partial charge in [0.1, 0.15) is 0 Å². The fourth-order valence-corrected chi connectivity index (χ4v) is 9.39. The van der Waals surface area contributed by atoms with Crippen LogP contribution in [0.25, 0.3) is 43.1 Å². The summed E-state index contributed by atoms with van der Waals surface area (Å²) in [7, 11) is 0. The van der Waals surface area contributed by atoms with Crippen molar-refractivity contribution in [1.29, 1.82) is 0 Å². The first-order valence-corrected chi connectivity index (χ1v) is 29.3. The molecule has 0 aliphatic rings. The Morgan fingerprint density at radius 3 is 0.937 bits per heavy atom. The van der Waals surface area contributed by atoms with Gasteiger partial charge in [-0.1, -0.05) is 355 Å². The zero-order valence-electron chi connectivity index (χ0n) is 52.1. The summed E-state index contributed by atoms with van der Waals surface area (Å²) in [5.74, 6) is 0. The summed E-state index contributed by atoms with van der Waals surface area (Å²) in [6.45, 7) is 40.7. The van der Waals surface area contributed by atoms with Gasteiger partial charge >= 0.3 is 0 Å². The van der Waals surface area contributed by atoms with Crippen molar-refractivity contribution in [3.05, 3.63) is 264 Å². The molecular weight excluding hydrogens is 949 g/mol. The van der Waals surface area contributed by atoms with Gasteiger partial charge in [-0.25, -0.2) is 0 Å². The van der Waals surface area contributed by atoms with Crippen LogP contribution in [-0.2, 0) is 32.5 Å². The van der Waals surface area contributed by atoms with Crippen LogP contribution in [-0.4, -0.2) is 0 Å². The van der Waals surface area contributed by atoms with E-state index >= 15 is 0 Å². The molecule has 79 heavy (non-hydrogen) atoms. The molecule has 10 rings (SSSR count). The Morgan fingerprint density at radius 2 is 0.532 bits per heavy atom. The Bertz CT molecular complexity index is 3380. The van der Waals surface area contributed by atoms with Crippen LogP contribution in [0.3, 0.4) is 0 Å². The summed E-state index contributed by atoms with van der Waals surface area (Å²) in [5.41, 5.74) is 10.2. The second kappa shape index (κ2) is 27.9. The van der Waals surface area contributed by atoms with Crippen LogP contribution in [0.1, 0.15) is 177 Å². The van der Waals surface area contributed by atoms with Crippen LogP contribution in [0.5, 0.6) is 0 Å². The number of rotatable bonds is 6. The average Bonchev–Trinajstić information content (AvgIpc) is 3.46. The minimum absolute atomic E-state index is 0.223. The quantitative estimate of drug-likeness (QED) is 0.156. The first-order valence-electron chi connectivity index (χ1n) is 29.3. The van der Waals surface area contributed by atoms with E-state index in [1.807, 2.05) is 0 Å². The lowest BCUT2D eigenvalue weighted by atomic mass is 9.80. The molecule has 10 aromatic rings. The molecule has 0 aliphatic carbocycles. The zero-order valence-corrected chi connectivity index (χ0v) is 52.1. The molecule has 0 N–H and O–H groups in total. The van der Waals surface area contributed by atoms with Gasteiger partial charge in [-0.05, 0) is 128 Å². The highest BCUT2D eigenvalue weighted by atomic mass is 14.3. The third-order valence-electron chi connectivity index (χ3n) is 16.1. The molecule has 0 saturated heterocycles. The molecule has 0 aliphatic heterocycles. The van der Waals surface area contributed by atoms with Gasteiger partial charge in [0.25, 0.3) is 0 Å².